The molecule has 2 heterocycles. The molecule has 25 heavy (non-hydrogen) atoms. The number of aliphatic imine (C=N–C) groups is 1. The summed E-state index contributed by atoms with van der Waals surface area (Å²) in [6.45, 7) is 12.6. The highest BCUT2D eigenvalue weighted by atomic mass is 32.2. The zero-order valence-corrected chi connectivity index (χ0v) is 16.5. The lowest BCUT2D eigenvalue weighted by Crippen LogP contribution is -2.50. The molecule has 0 spiro atoms. The molecule has 136 valence electrons. The molecule has 0 bridgehead atoms. The molecule has 2 aliphatic heterocycles. The lowest BCUT2D eigenvalue weighted by Gasteiger charge is -2.39. The van der Waals surface area contributed by atoms with Crippen LogP contribution in [0.2, 0.25) is 0 Å². The van der Waals surface area contributed by atoms with E-state index in [9.17, 15) is 0 Å². The summed E-state index contributed by atoms with van der Waals surface area (Å²) >= 11 is 2.05. The van der Waals surface area contributed by atoms with E-state index in [-0.39, 0.29) is 0 Å². The first-order valence-corrected chi connectivity index (χ1v) is 10.2. The van der Waals surface area contributed by atoms with Gasteiger partial charge in [-0.2, -0.15) is 11.8 Å². The molecule has 1 fully saturated rings. The first kappa shape index (κ1) is 18.2. The predicted molar refractivity (Wildman–Crippen MR) is 111 cm³/mol. The largest absolute Gasteiger partial charge is 0.364 e. The number of nitrogens with zero attached hydrogens (tertiary/aromatic N) is 3. The molecule has 5 heteroatoms. The molecule has 0 radical (unpaired) electrons. The fourth-order valence-electron chi connectivity index (χ4n) is 3.29. The summed E-state index contributed by atoms with van der Waals surface area (Å²) < 4.78 is 0.292. The van der Waals surface area contributed by atoms with Crippen LogP contribution >= 0.6 is 11.8 Å². The monoisotopic (exact) mass is 358 g/mol. The van der Waals surface area contributed by atoms with Crippen LogP contribution in [-0.2, 0) is 6.54 Å². The molecule has 1 N–H and O–H groups in total. The molecule has 0 aliphatic carbocycles. The van der Waals surface area contributed by atoms with E-state index in [1.807, 2.05) is 0 Å². The number of anilines is 1. The van der Waals surface area contributed by atoms with Gasteiger partial charge in [-0.3, -0.25) is 0 Å². The number of hydrogen-bond donors (Lipinski definition) is 1. The van der Waals surface area contributed by atoms with Crippen molar-refractivity contribution in [1.29, 1.82) is 0 Å². The molecular formula is C20H30N4S. The van der Waals surface area contributed by atoms with Crippen molar-refractivity contribution in [3.63, 3.8) is 0 Å². The van der Waals surface area contributed by atoms with Crippen LogP contribution in [0.15, 0.2) is 41.4 Å². The highest BCUT2D eigenvalue weighted by molar-refractivity contribution is 8.00. The number of guanidine groups is 1. The smallest absolute Gasteiger partial charge is 0.194 e. The van der Waals surface area contributed by atoms with Crippen molar-refractivity contribution in [2.24, 2.45) is 4.99 Å². The Hall–Kier alpha value is -1.62. The van der Waals surface area contributed by atoms with E-state index >= 15 is 0 Å². The van der Waals surface area contributed by atoms with Crippen LogP contribution in [0.5, 0.6) is 0 Å². The maximum Gasteiger partial charge on any atom is 0.194 e. The van der Waals surface area contributed by atoms with E-state index in [2.05, 4.69) is 84.1 Å². The molecular weight excluding hydrogens is 328 g/mol. The summed E-state index contributed by atoms with van der Waals surface area (Å²) in [4.78, 5) is 9.67. The fraction of sp³-hybridized carbons (Fsp3) is 0.550. The van der Waals surface area contributed by atoms with Gasteiger partial charge in [-0.1, -0.05) is 24.3 Å². The number of nitrogens with one attached hydrogen (secondary N) is 1. The summed E-state index contributed by atoms with van der Waals surface area (Å²) in [6, 6.07) is 8.84. The first-order chi connectivity index (χ1) is 12.1. The van der Waals surface area contributed by atoms with Gasteiger partial charge >= 0.3 is 0 Å². The first-order valence-electron chi connectivity index (χ1n) is 9.23. The topological polar surface area (TPSA) is 30.9 Å². The number of benzene rings is 1. The Morgan fingerprint density at radius 1 is 1.20 bits per heavy atom. The number of rotatable bonds is 4. The van der Waals surface area contributed by atoms with Crippen molar-refractivity contribution in [2.45, 2.75) is 32.1 Å². The molecule has 0 aromatic heterocycles. The van der Waals surface area contributed by atoms with Gasteiger partial charge in [0.15, 0.2) is 5.96 Å². The van der Waals surface area contributed by atoms with E-state index in [1.165, 1.54) is 11.3 Å². The zero-order valence-electron chi connectivity index (χ0n) is 15.7. The van der Waals surface area contributed by atoms with Crippen LogP contribution < -0.4 is 10.2 Å². The van der Waals surface area contributed by atoms with Gasteiger partial charge < -0.3 is 15.1 Å². The van der Waals surface area contributed by atoms with Crippen molar-refractivity contribution in [3.8, 4) is 0 Å². The highest BCUT2D eigenvalue weighted by Gasteiger charge is 2.28. The summed E-state index contributed by atoms with van der Waals surface area (Å²) in [5.74, 6) is 2.21. The Kier molecular flexibility index (Phi) is 5.94. The third kappa shape index (κ3) is 4.94. The molecule has 2 aliphatic rings. The summed E-state index contributed by atoms with van der Waals surface area (Å²) in [6.07, 6.45) is 4.44. The van der Waals surface area contributed by atoms with Crippen LogP contribution in [0.4, 0.5) is 5.69 Å². The number of hydrogen-bond acceptors (Lipinski definition) is 3. The van der Waals surface area contributed by atoms with Crippen molar-refractivity contribution in [3.05, 3.63) is 42.0 Å². The third-order valence-corrected chi connectivity index (χ3v) is 5.89. The van der Waals surface area contributed by atoms with Crippen molar-refractivity contribution < 1.29 is 0 Å². The van der Waals surface area contributed by atoms with E-state index in [0.717, 1.165) is 51.0 Å². The van der Waals surface area contributed by atoms with Crippen LogP contribution in [0.1, 0.15) is 26.3 Å². The maximum atomic E-state index is 4.90. The second-order valence-electron chi connectivity index (χ2n) is 7.24. The highest BCUT2D eigenvalue weighted by Crippen LogP contribution is 2.29. The molecule has 0 saturated carbocycles. The molecule has 0 atom stereocenters. The SMILES string of the molecule is CCNC(=NCc1ccc(N2CC=CC2)cc1)N1CCSC(C)(C)C1. The van der Waals surface area contributed by atoms with E-state index in [0.29, 0.717) is 4.75 Å². The van der Waals surface area contributed by atoms with Crippen molar-refractivity contribution in [1.82, 2.24) is 10.2 Å². The quantitative estimate of drug-likeness (QED) is 0.508. The predicted octanol–water partition coefficient (Wildman–Crippen LogP) is 3.36. The van der Waals surface area contributed by atoms with E-state index in [1.54, 1.807) is 0 Å². The molecule has 4 nitrogen and oxygen atoms in total. The van der Waals surface area contributed by atoms with Crippen LogP contribution in [-0.4, -0.2) is 54.1 Å². The Morgan fingerprint density at radius 3 is 2.56 bits per heavy atom. The van der Waals surface area contributed by atoms with Gasteiger partial charge in [0.1, 0.15) is 0 Å². The molecule has 1 aromatic rings. The Morgan fingerprint density at radius 2 is 1.92 bits per heavy atom. The minimum Gasteiger partial charge on any atom is -0.364 e. The zero-order chi connectivity index (χ0) is 17.7. The lowest BCUT2D eigenvalue weighted by molar-refractivity contribution is 0.376. The normalized spacial score (nSPS) is 20.2. The van der Waals surface area contributed by atoms with Crippen molar-refractivity contribution >= 4 is 23.4 Å². The van der Waals surface area contributed by atoms with Crippen LogP contribution in [0.3, 0.4) is 0 Å². The van der Waals surface area contributed by atoms with Gasteiger partial charge in [-0.05, 0) is 38.5 Å². The summed E-state index contributed by atoms with van der Waals surface area (Å²) in [5.41, 5.74) is 2.55. The third-order valence-electron chi connectivity index (χ3n) is 4.59. The minimum absolute atomic E-state index is 0.292. The van der Waals surface area contributed by atoms with Crippen LogP contribution in [0, 0.1) is 0 Å². The van der Waals surface area contributed by atoms with Gasteiger partial charge in [0, 0.05) is 48.9 Å². The van der Waals surface area contributed by atoms with Gasteiger partial charge in [0.25, 0.3) is 0 Å². The molecule has 1 aromatic carbocycles. The Balaban J connectivity index is 1.64. The van der Waals surface area contributed by atoms with Crippen molar-refractivity contribution in [2.75, 3.05) is 43.4 Å². The molecule has 0 unspecified atom stereocenters. The van der Waals surface area contributed by atoms with Gasteiger partial charge in [0.05, 0.1) is 6.54 Å². The average molecular weight is 359 g/mol. The van der Waals surface area contributed by atoms with Gasteiger partial charge in [0.2, 0.25) is 0 Å². The molecule has 0 amide bonds. The minimum atomic E-state index is 0.292. The Bertz CT molecular complexity index is 613. The van der Waals surface area contributed by atoms with Gasteiger partial charge in [-0.15, -0.1) is 0 Å². The fourth-order valence-corrected chi connectivity index (χ4v) is 4.40. The maximum absolute atomic E-state index is 4.90. The van der Waals surface area contributed by atoms with E-state index < -0.39 is 0 Å². The Labute approximate surface area is 156 Å². The standard InChI is InChI=1S/C20H30N4S/c1-4-21-19(24-13-14-25-20(2,3)16-24)22-15-17-7-9-18(10-8-17)23-11-5-6-12-23/h5-10H,4,11-16H2,1-3H3,(H,21,22). The summed E-state index contributed by atoms with van der Waals surface area (Å²) in [7, 11) is 0. The van der Waals surface area contributed by atoms with Gasteiger partial charge in [-0.25, -0.2) is 4.99 Å². The van der Waals surface area contributed by atoms with Crippen LogP contribution in [0.25, 0.3) is 0 Å². The molecule has 1 saturated heterocycles. The second kappa shape index (κ2) is 8.17. The summed E-state index contributed by atoms with van der Waals surface area (Å²) in [5, 5.41) is 3.47. The lowest BCUT2D eigenvalue weighted by atomic mass is 10.2. The van der Waals surface area contributed by atoms with E-state index in [4.69, 9.17) is 4.99 Å². The molecule has 3 rings (SSSR count). The number of thioether (sulfide) groups is 1. The average Bonchev–Trinajstić information content (AvgIpc) is 3.13. The second-order valence-corrected chi connectivity index (χ2v) is 9.04.